The highest BCUT2D eigenvalue weighted by Crippen LogP contribution is 2.13. The number of nitrogens with one attached hydrogen (secondary N) is 2. The van der Waals surface area contributed by atoms with Crippen LogP contribution in [-0.4, -0.2) is 38.8 Å². The minimum Gasteiger partial charge on any atom is -0.386 e. The Bertz CT molecular complexity index is 588. The van der Waals surface area contributed by atoms with Gasteiger partial charge in [-0.2, -0.15) is 5.26 Å². The molecule has 0 saturated carbocycles. The Labute approximate surface area is 105 Å². The molecule has 1 aliphatic heterocycles. The number of aliphatic hydroxyl groups is 1. The number of hydrogen-bond acceptors (Lipinski definition) is 5. The molecule has 1 aromatic rings. The van der Waals surface area contributed by atoms with Crippen molar-refractivity contribution in [3.05, 3.63) is 29.8 Å². The molecular formula is C11H13N3O3S. The summed E-state index contributed by atoms with van der Waals surface area (Å²) in [6.07, 6.45) is 0. The van der Waals surface area contributed by atoms with E-state index in [1.165, 1.54) is 24.3 Å². The summed E-state index contributed by atoms with van der Waals surface area (Å²) in [5, 5.41) is 21.4. The zero-order valence-corrected chi connectivity index (χ0v) is 10.4. The second-order valence-electron chi connectivity index (χ2n) is 4.29. The normalized spacial score (nSPS) is 17.8. The summed E-state index contributed by atoms with van der Waals surface area (Å²) in [4.78, 5) is 0.0254. The number of benzene rings is 1. The summed E-state index contributed by atoms with van der Waals surface area (Å²) < 4.78 is 26.2. The minimum atomic E-state index is -3.69. The van der Waals surface area contributed by atoms with Crippen molar-refractivity contribution in [1.82, 2.24) is 10.0 Å². The van der Waals surface area contributed by atoms with E-state index in [0.29, 0.717) is 13.1 Å². The van der Waals surface area contributed by atoms with Crippen molar-refractivity contribution >= 4 is 10.0 Å². The van der Waals surface area contributed by atoms with Crippen molar-refractivity contribution < 1.29 is 13.5 Å². The zero-order valence-electron chi connectivity index (χ0n) is 9.55. The van der Waals surface area contributed by atoms with Gasteiger partial charge in [0.1, 0.15) is 5.60 Å². The van der Waals surface area contributed by atoms with Gasteiger partial charge in [0.2, 0.25) is 10.0 Å². The molecule has 0 spiro atoms. The Kier molecular flexibility index (Phi) is 3.36. The van der Waals surface area contributed by atoms with Gasteiger partial charge >= 0.3 is 0 Å². The van der Waals surface area contributed by atoms with Gasteiger partial charge in [0, 0.05) is 19.6 Å². The molecule has 1 aliphatic rings. The molecule has 3 N–H and O–H groups in total. The quantitative estimate of drug-likeness (QED) is 0.661. The fourth-order valence-electron chi connectivity index (χ4n) is 1.58. The van der Waals surface area contributed by atoms with Crippen LogP contribution in [0.1, 0.15) is 5.56 Å². The lowest BCUT2D eigenvalue weighted by atomic mass is 9.98. The molecule has 0 amide bonds. The van der Waals surface area contributed by atoms with E-state index in [4.69, 9.17) is 5.26 Å². The Morgan fingerprint density at radius 2 is 2.22 bits per heavy atom. The van der Waals surface area contributed by atoms with Gasteiger partial charge in [-0.3, -0.25) is 0 Å². The summed E-state index contributed by atoms with van der Waals surface area (Å²) >= 11 is 0. The molecule has 0 aromatic heterocycles. The molecule has 0 bridgehead atoms. The van der Waals surface area contributed by atoms with Gasteiger partial charge in [-0.1, -0.05) is 6.07 Å². The van der Waals surface area contributed by atoms with Gasteiger partial charge in [0.05, 0.1) is 16.5 Å². The van der Waals surface area contributed by atoms with Crippen LogP contribution < -0.4 is 10.0 Å². The van der Waals surface area contributed by atoms with E-state index in [-0.39, 0.29) is 17.0 Å². The predicted molar refractivity (Wildman–Crippen MR) is 64.2 cm³/mol. The van der Waals surface area contributed by atoms with Gasteiger partial charge in [-0.25, -0.2) is 13.1 Å². The fraction of sp³-hybridized carbons (Fsp3) is 0.364. The summed E-state index contributed by atoms with van der Waals surface area (Å²) in [7, 11) is -3.69. The number of rotatable bonds is 4. The number of nitriles is 1. The largest absolute Gasteiger partial charge is 0.386 e. The topological polar surface area (TPSA) is 102 Å². The Hall–Kier alpha value is -1.46. The van der Waals surface area contributed by atoms with E-state index in [0.717, 1.165) is 0 Å². The van der Waals surface area contributed by atoms with Gasteiger partial charge < -0.3 is 10.4 Å². The van der Waals surface area contributed by atoms with Crippen molar-refractivity contribution in [3.8, 4) is 6.07 Å². The molecule has 0 radical (unpaired) electrons. The molecule has 96 valence electrons. The summed E-state index contributed by atoms with van der Waals surface area (Å²) in [5.74, 6) is 0. The first-order chi connectivity index (χ1) is 8.45. The Morgan fingerprint density at radius 3 is 2.78 bits per heavy atom. The van der Waals surface area contributed by atoms with Crippen molar-refractivity contribution in [2.45, 2.75) is 10.5 Å². The molecular weight excluding hydrogens is 254 g/mol. The van der Waals surface area contributed by atoms with Gasteiger partial charge in [-0.05, 0) is 18.2 Å². The maximum absolute atomic E-state index is 11.9. The lowest BCUT2D eigenvalue weighted by molar-refractivity contribution is -0.00396. The van der Waals surface area contributed by atoms with Crippen LogP contribution in [0.25, 0.3) is 0 Å². The molecule has 0 atom stereocenters. The molecule has 0 aliphatic carbocycles. The fourth-order valence-corrected chi connectivity index (χ4v) is 2.75. The van der Waals surface area contributed by atoms with Crippen molar-refractivity contribution in [2.75, 3.05) is 19.6 Å². The van der Waals surface area contributed by atoms with Gasteiger partial charge in [-0.15, -0.1) is 0 Å². The molecule has 1 aromatic carbocycles. The SMILES string of the molecule is N#Cc1cccc(S(=O)(=O)NCC2(O)CNC2)c1. The third-order valence-electron chi connectivity index (χ3n) is 2.77. The van der Waals surface area contributed by atoms with E-state index in [9.17, 15) is 13.5 Å². The molecule has 1 saturated heterocycles. The van der Waals surface area contributed by atoms with Crippen molar-refractivity contribution in [1.29, 1.82) is 5.26 Å². The molecule has 0 unspecified atom stereocenters. The second kappa shape index (κ2) is 4.66. The second-order valence-corrected chi connectivity index (χ2v) is 6.06. The standard InChI is InChI=1S/C11H13N3O3S/c12-5-9-2-1-3-10(4-9)18(16,17)14-8-11(15)6-13-7-11/h1-4,13-15H,6-8H2. The van der Waals surface area contributed by atoms with Gasteiger partial charge in [0.25, 0.3) is 0 Å². The van der Waals surface area contributed by atoms with Crippen LogP contribution >= 0.6 is 0 Å². The van der Waals surface area contributed by atoms with Crippen molar-refractivity contribution in [3.63, 3.8) is 0 Å². The number of β-amino-alcohol motifs (C(OH)–C–C–N with tert-alkyl or cyclic N) is 1. The van der Waals surface area contributed by atoms with Crippen LogP contribution in [0.5, 0.6) is 0 Å². The Morgan fingerprint density at radius 1 is 1.50 bits per heavy atom. The lowest BCUT2D eigenvalue weighted by Gasteiger charge is -2.37. The third kappa shape index (κ3) is 2.68. The molecule has 18 heavy (non-hydrogen) atoms. The first kappa shape index (κ1) is 13.0. The van der Waals surface area contributed by atoms with Crippen LogP contribution in [0.4, 0.5) is 0 Å². The van der Waals surface area contributed by atoms with Crippen LogP contribution in [-0.2, 0) is 10.0 Å². The van der Waals surface area contributed by atoms with E-state index in [1.807, 2.05) is 6.07 Å². The molecule has 2 rings (SSSR count). The summed E-state index contributed by atoms with van der Waals surface area (Å²) in [6.45, 7) is 0.695. The first-order valence-corrected chi connectivity index (χ1v) is 6.86. The molecule has 1 heterocycles. The monoisotopic (exact) mass is 267 g/mol. The highest BCUT2D eigenvalue weighted by atomic mass is 32.2. The molecule has 7 heteroatoms. The van der Waals surface area contributed by atoms with Crippen LogP contribution in [0, 0.1) is 11.3 Å². The van der Waals surface area contributed by atoms with Crippen LogP contribution in [0.2, 0.25) is 0 Å². The smallest absolute Gasteiger partial charge is 0.240 e. The first-order valence-electron chi connectivity index (χ1n) is 5.38. The highest BCUT2D eigenvalue weighted by molar-refractivity contribution is 7.89. The van der Waals surface area contributed by atoms with E-state index in [2.05, 4.69) is 10.0 Å². The summed E-state index contributed by atoms with van der Waals surface area (Å²) in [5.41, 5.74) is -0.734. The predicted octanol–water partition coefficient (Wildman–Crippen LogP) is -0.829. The molecule has 6 nitrogen and oxygen atoms in total. The number of hydrogen-bond donors (Lipinski definition) is 3. The maximum atomic E-state index is 11.9. The van der Waals surface area contributed by atoms with E-state index < -0.39 is 15.6 Å². The maximum Gasteiger partial charge on any atom is 0.240 e. The minimum absolute atomic E-state index is 0.0254. The van der Waals surface area contributed by atoms with Gasteiger partial charge in [0.15, 0.2) is 0 Å². The van der Waals surface area contributed by atoms with Crippen LogP contribution in [0.3, 0.4) is 0 Å². The highest BCUT2D eigenvalue weighted by Gasteiger charge is 2.35. The van der Waals surface area contributed by atoms with E-state index in [1.54, 1.807) is 0 Å². The lowest BCUT2D eigenvalue weighted by Crippen LogP contribution is -2.64. The number of nitrogens with zero attached hydrogens (tertiary/aromatic N) is 1. The third-order valence-corrected chi connectivity index (χ3v) is 4.17. The average Bonchev–Trinajstić information content (AvgIpc) is 2.34. The zero-order chi connectivity index (χ0) is 13.2. The van der Waals surface area contributed by atoms with E-state index >= 15 is 0 Å². The van der Waals surface area contributed by atoms with Crippen molar-refractivity contribution in [2.24, 2.45) is 0 Å². The Balaban J connectivity index is 2.12. The number of sulfonamides is 1. The summed E-state index contributed by atoms with van der Waals surface area (Å²) in [6, 6.07) is 7.63. The van der Waals surface area contributed by atoms with Crippen LogP contribution in [0.15, 0.2) is 29.2 Å². The average molecular weight is 267 g/mol. The molecule has 1 fully saturated rings.